The van der Waals surface area contributed by atoms with Crippen LogP contribution in [0.15, 0.2) is 71.5 Å². The number of rotatable bonds is 3. The smallest absolute Gasteiger partial charge is 0.254 e. The largest absolute Gasteiger partial charge is 0.362 e. The highest BCUT2D eigenvalue weighted by atomic mass is 16.2. The van der Waals surface area contributed by atoms with Crippen molar-refractivity contribution in [3.63, 3.8) is 0 Å². The normalized spacial score (nSPS) is 20.8. The van der Waals surface area contributed by atoms with Crippen molar-refractivity contribution in [2.24, 2.45) is 5.41 Å². The van der Waals surface area contributed by atoms with Gasteiger partial charge < -0.3 is 10.6 Å². The van der Waals surface area contributed by atoms with E-state index in [9.17, 15) is 9.59 Å². The minimum absolute atomic E-state index is 0.0681. The van der Waals surface area contributed by atoms with Gasteiger partial charge in [0.1, 0.15) is 0 Å². The average Bonchev–Trinajstić information content (AvgIpc) is 2.67. The Hall–Kier alpha value is -3.28. The topological polar surface area (TPSA) is 84.0 Å². The number of anilines is 1. The van der Waals surface area contributed by atoms with E-state index in [0.29, 0.717) is 28.9 Å². The number of nitrogens with one attached hydrogen (secondary N) is 2. The van der Waals surface area contributed by atoms with E-state index in [2.05, 4.69) is 34.4 Å². The third-order valence-electron chi connectivity index (χ3n) is 5.39. The van der Waals surface area contributed by atoms with E-state index >= 15 is 0 Å². The first-order chi connectivity index (χ1) is 13.9. The molecule has 3 heterocycles. The third kappa shape index (κ3) is 3.70. The Bertz CT molecular complexity index is 1020. The van der Waals surface area contributed by atoms with Gasteiger partial charge in [-0.2, -0.15) is 0 Å². The van der Waals surface area contributed by atoms with Gasteiger partial charge in [-0.3, -0.25) is 19.6 Å². The maximum Gasteiger partial charge on any atom is 0.254 e. The summed E-state index contributed by atoms with van der Waals surface area (Å²) in [7, 11) is 0. The minimum Gasteiger partial charge on any atom is -0.362 e. The molecule has 1 aliphatic carbocycles. The van der Waals surface area contributed by atoms with Crippen LogP contribution in [0.25, 0.3) is 0 Å². The van der Waals surface area contributed by atoms with Crippen LogP contribution in [0.1, 0.15) is 45.2 Å². The summed E-state index contributed by atoms with van der Waals surface area (Å²) < 4.78 is 0. The van der Waals surface area contributed by atoms with Crippen LogP contribution in [0, 0.1) is 5.41 Å². The molecule has 0 bridgehead atoms. The summed E-state index contributed by atoms with van der Waals surface area (Å²) in [5, 5.41) is 6.26. The Kier molecular flexibility index (Phi) is 4.78. The third-order valence-corrected chi connectivity index (χ3v) is 5.39. The number of carbonyl (C=O) groups is 2. The van der Waals surface area contributed by atoms with Gasteiger partial charge in [-0.25, -0.2) is 0 Å². The predicted molar refractivity (Wildman–Crippen MR) is 111 cm³/mol. The first kappa shape index (κ1) is 19.1. The number of hydrogen-bond donors (Lipinski definition) is 2. The number of amides is 1. The molecule has 6 nitrogen and oxygen atoms in total. The second-order valence-electron chi connectivity index (χ2n) is 8.38. The fourth-order valence-corrected chi connectivity index (χ4v) is 4.21. The molecule has 0 radical (unpaired) electrons. The van der Waals surface area contributed by atoms with Crippen molar-refractivity contribution in [2.75, 3.05) is 5.32 Å². The number of dihydropyridines is 1. The summed E-state index contributed by atoms with van der Waals surface area (Å²) in [6.45, 7) is 6.07. The van der Waals surface area contributed by atoms with Crippen LogP contribution in [-0.2, 0) is 9.59 Å². The Balaban J connectivity index is 1.80. The van der Waals surface area contributed by atoms with Crippen LogP contribution < -0.4 is 10.6 Å². The molecule has 2 aromatic heterocycles. The lowest BCUT2D eigenvalue weighted by atomic mass is 9.69. The molecule has 0 spiro atoms. The molecule has 0 saturated carbocycles. The molecule has 1 atom stereocenters. The first-order valence-electron chi connectivity index (χ1n) is 9.72. The van der Waals surface area contributed by atoms with Crippen LogP contribution in [0.4, 0.5) is 5.69 Å². The van der Waals surface area contributed by atoms with Gasteiger partial charge in [0.05, 0.1) is 23.5 Å². The summed E-state index contributed by atoms with van der Waals surface area (Å²) in [5.74, 6) is -0.686. The Morgan fingerprint density at radius 2 is 2.00 bits per heavy atom. The molecule has 1 aliphatic heterocycles. The molecule has 0 unspecified atom stereocenters. The zero-order valence-corrected chi connectivity index (χ0v) is 16.8. The van der Waals surface area contributed by atoms with Crippen molar-refractivity contribution >= 4 is 17.4 Å². The summed E-state index contributed by atoms with van der Waals surface area (Å²) in [4.78, 5) is 35.0. The molecule has 148 valence electrons. The van der Waals surface area contributed by atoms with Crippen molar-refractivity contribution < 1.29 is 9.59 Å². The molecule has 0 aromatic carbocycles. The Morgan fingerprint density at radius 3 is 2.69 bits per heavy atom. The lowest BCUT2D eigenvalue weighted by Crippen LogP contribution is -2.39. The zero-order valence-electron chi connectivity index (χ0n) is 16.8. The highest BCUT2D eigenvalue weighted by molar-refractivity contribution is 6.09. The first-order valence-corrected chi connectivity index (χ1v) is 9.72. The van der Waals surface area contributed by atoms with E-state index in [1.54, 1.807) is 30.7 Å². The molecule has 1 amide bonds. The number of Topliss-reactive ketones (excluding diaryl/α,β-unsaturated/α-hetero) is 1. The number of carbonyl (C=O) groups excluding carboxylic acids is 2. The monoisotopic (exact) mass is 388 g/mol. The lowest BCUT2D eigenvalue weighted by Gasteiger charge is -2.39. The number of pyridine rings is 2. The lowest BCUT2D eigenvalue weighted by molar-refractivity contribution is -0.118. The molecule has 2 aromatic rings. The average molecular weight is 388 g/mol. The van der Waals surface area contributed by atoms with E-state index in [4.69, 9.17) is 0 Å². The summed E-state index contributed by atoms with van der Waals surface area (Å²) >= 11 is 0. The van der Waals surface area contributed by atoms with Crippen LogP contribution in [-0.4, -0.2) is 21.7 Å². The van der Waals surface area contributed by atoms with Crippen LogP contribution in [0.5, 0.6) is 0 Å². The summed E-state index contributed by atoms with van der Waals surface area (Å²) in [6, 6.07) is 9.13. The summed E-state index contributed by atoms with van der Waals surface area (Å²) in [5.41, 5.74) is 4.00. The van der Waals surface area contributed by atoms with Gasteiger partial charge in [0.15, 0.2) is 5.78 Å². The fraction of sp³-hybridized carbons (Fsp3) is 0.304. The van der Waals surface area contributed by atoms with Crippen molar-refractivity contribution in [1.29, 1.82) is 0 Å². The van der Waals surface area contributed by atoms with Crippen LogP contribution in [0.2, 0.25) is 0 Å². The van der Waals surface area contributed by atoms with Gasteiger partial charge in [0, 0.05) is 41.4 Å². The predicted octanol–water partition coefficient (Wildman–Crippen LogP) is 3.72. The number of allylic oxidation sites excluding steroid dienone is 3. The van der Waals surface area contributed by atoms with E-state index in [-0.39, 0.29) is 17.1 Å². The molecular weight excluding hydrogens is 364 g/mol. The van der Waals surface area contributed by atoms with Crippen LogP contribution in [0.3, 0.4) is 0 Å². The molecule has 0 fully saturated rings. The minimum atomic E-state index is -0.493. The van der Waals surface area contributed by atoms with Gasteiger partial charge in [-0.05, 0) is 43.0 Å². The Morgan fingerprint density at radius 1 is 1.17 bits per heavy atom. The molecular formula is C23H24N4O2. The molecule has 0 saturated heterocycles. The van der Waals surface area contributed by atoms with Gasteiger partial charge >= 0.3 is 0 Å². The van der Waals surface area contributed by atoms with E-state index in [0.717, 1.165) is 17.8 Å². The molecule has 6 heteroatoms. The van der Waals surface area contributed by atoms with Gasteiger partial charge in [-0.1, -0.05) is 19.9 Å². The van der Waals surface area contributed by atoms with Crippen molar-refractivity contribution in [3.8, 4) is 0 Å². The summed E-state index contributed by atoms with van der Waals surface area (Å²) in [6.07, 6.45) is 6.15. The second kappa shape index (κ2) is 7.28. The maximum atomic E-state index is 13.3. The zero-order chi connectivity index (χ0) is 20.6. The van der Waals surface area contributed by atoms with Gasteiger partial charge in [0.2, 0.25) is 0 Å². The van der Waals surface area contributed by atoms with Crippen molar-refractivity contribution in [1.82, 2.24) is 15.3 Å². The van der Waals surface area contributed by atoms with Gasteiger partial charge in [-0.15, -0.1) is 0 Å². The van der Waals surface area contributed by atoms with E-state index in [1.165, 1.54) is 0 Å². The SMILES string of the molecule is CC1=C(C(=O)Nc2cccnc2)[C@@H](c2ccccn2)C2=C(CC(C)(C)CC2=O)N1. The standard InChI is InChI=1S/C23H24N4O2/c1-14-19(22(29)27-15-7-6-9-24-13-15)21(16-8-4-5-10-25-16)20-17(26-14)11-23(2,3)12-18(20)28/h4-10,13,21,26H,11-12H2,1-3H3,(H,27,29)/t21-/m1/s1. The number of ketones is 1. The van der Waals surface area contributed by atoms with E-state index < -0.39 is 5.92 Å². The second-order valence-corrected chi connectivity index (χ2v) is 8.38. The quantitative estimate of drug-likeness (QED) is 0.837. The Labute approximate surface area is 170 Å². The molecule has 29 heavy (non-hydrogen) atoms. The maximum absolute atomic E-state index is 13.3. The molecule has 2 N–H and O–H groups in total. The van der Waals surface area contributed by atoms with E-state index in [1.807, 2.05) is 25.1 Å². The molecule has 2 aliphatic rings. The fourth-order valence-electron chi connectivity index (χ4n) is 4.21. The highest BCUT2D eigenvalue weighted by Gasteiger charge is 2.43. The van der Waals surface area contributed by atoms with Crippen molar-refractivity contribution in [3.05, 3.63) is 77.2 Å². The number of hydrogen-bond acceptors (Lipinski definition) is 5. The van der Waals surface area contributed by atoms with Gasteiger partial charge in [0.25, 0.3) is 5.91 Å². The molecule has 4 rings (SSSR count). The van der Waals surface area contributed by atoms with Crippen molar-refractivity contribution in [2.45, 2.75) is 39.5 Å². The number of nitrogens with zero attached hydrogens (tertiary/aromatic N) is 2. The number of aromatic nitrogens is 2. The highest BCUT2D eigenvalue weighted by Crippen LogP contribution is 2.46. The van der Waals surface area contributed by atoms with Crippen LogP contribution >= 0.6 is 0 Å².